The third kappa shape index (κ3) is 5.71. The molecule has 1 aliphatic carbocycles. The van der Waals surface area contributed by atoms with Crippen LogP contribution in [0.25, 0.3) is 0 Å². The highest BCUT2D eigenvalue weighted by atomic mass is 16.2. The molecule has 4 nitrogen and oxygen atoms in total. The second kappa shape index (κ2) is 8.63. The fraction of sp³-hybridized carbons (Fsp3) is 0.462. The van der Waals surface area contributed by atoms with Crippen molar-refractivity contribution in [2.75, 3.05) is 6.54 Å². The third-order valence-electron chi connectivity index (χ3n) is 6.01. The molecule has 0 saturated heterocycles. The lowest BCUT2D eigenvalue weighted by atomic mass is 9.62. The first-order valence-electron chi connectivity index (χ1n) is 10.8. The quantitative estimate of drug-likeness (QED) is 0.730. The molecule has 4 heteroatoms. The summed E-state index contributed by atoms with van der Waals surface area (Å²) in [5.41, 5.74) is 3.56. The maximum Gasteiger partial charge on any atom is 0.251 e. The highest BCUT2D eigenvalue weighted by molar-refractivity contribution is 5.95. The topological polar surface area (TPSA) is 58.2 Å². The molecule has 0 aliphatic heterocycles. The summed E-state index contributed by atoms with van der Waals surface area (Å²) < 4.78 is 0. The maximum absolute atomic E-state index is 12.8. The summed E-state index contributed by atoms with van der Waals surface area (Å²) in [4.78, 5) is 25.4. The molecule has 160 valence electrons. The fourth-order valence-electron chi connectivity index (χ4n) is 5.11. The van der Waals surface area contributed by atoms with Gasteiger partial charge in [-0.2, -0.15) is 0 Å². The maximum atomic E-state index is 12.8. The lowest BCUT2D eigenvalue weighted by Crippen LogP contribution is -2.50. The number of benzene rings is 2. The van der Waals surface area contributed by atoms with Gasteiger partial charge in [0, 0.05) is 23.7 Å². The molecule has 0 unspecified atom stereocenters. The van der Waals surface area contributed by atoms with Gasteiger partial charge in [0.05, 0.1) is 0 Å². The van der Waals surface area contributed by atoms with Gasteiger partial charge in [-0.15, -0.1) is 0 Å². The molecule has 0 aromatic heterocycles. The van der Waals surface area contributed by atoms with Gasteiger partial charge in [0.1, 0.15) is 0 Å². The highest BCUT2D eigenvalue weighted by Crippen LogP contribution is 2.45. The van der Waals surface area contributed by atoms with Crippen LogP contribution >= 0.6 is 0 Å². The van der Waals surface area contributed by atoms with Gasteiger partial charge in [0.25, 0.3) is 11.8 Å². The second-order valence-electron chi connectivity index (χ2n) is 10.2. The molecule has 2 aromatic carbocycles. The van der Waals surface area contributed by atoms with E-state index in [0.29, 0.717) is 17.7 Å². The molecule has 0 spiro atoms. The summed E-state index contributed by atoms with van der Waals surface area (Å²) in [5, 5.41) is 6.38. The highest BCUT2D eigenvalue weighted by Gasteiger charge is 2.42. The van der Waals surface area contributed by atoms with Crippen molar-refractivity contribution >= 4 is 11.8 Å². The van der Waals surface area contributed by atoms with E-state index in [0.717, 1.165) is 30.4 Å². The number of hydrogen-bond acceptors (Lipinski definition) is 2. The van der Waals surface area contributed by atoms with E-state index in [4.69, 9.17) is 0 Å². The normalized spacial score (nSPS) is 22.9. The minimum absolute atomic E-state index is 0.0208. The number of rotatable bonds is 5. The first-order chi connectivity index (χ1) is 14.1. The van der Waals surface area contributed by atoms with Gasteiger partial charge < -0.3 is 10.6 Å². The van der Waals surface area contributed by atoms with Crippen LogP contribution < -0.4 is 10.6 Å². The van der Waals surface area contributed by atoms with Gasteiger partial charge in [-0.3, -0.25) is 9.59 Å². The van der Waals surface area contributed by atoms with E-state index >= 15 is 0 Å². The van der Waals surface area contributed by atoms with Crippen LogP contribution in [0.5, 0.6) is 0 Å². The van der Waals surface area contributed by atoms with Crippen molar-refractivity contribution < 1.29 is 9.59 Å². The van der Waals surface area contributed by atoms with Crippen LogP contribution in [0.2, 0.25) is 0 Å². The molecule has 1 aliphatic rings. The summed E-state index contributed by atoms with van der Waals surface area (Å²) >= 11 is 0. The van der Waals surface area contributed by atoms with Gasteiger partial charge in [0.2, 0.25) is 0 Å². The summed E-state index contributed by atoms with van der Waals surface area (Å²) in [6, 6.07) is 15.4. The minimum Gasteiger partial charge on any atom is -0.351 e. The van der Waals surface area contributed by atoms with Gasteiger partial charge in [-0.1, -0.05) is 56.2 Å². The Morgan fingerprint density at radius 1 is 0.900 bits per heavy atom. The fourth-order valence-corrected chi connectivity index (χ4v) is 5.11. The molecule has 2 amide bonds. The average Bonchev–Trinajstić information content (AvgIpc) is 2.64. The van der Waals surface area contributed by atoms with Crippen molar-refractivity contribution in [2.24, 2.45) is 10.8 Å². The molecular formula is C26H34N2O2. The standard InChI is InChI=1S/C26H34N2O2/c1-18-8-6-10-20(12-18)23(29)27-17-26(5)15-22(14-25(3,4)16-26)28-24(30)21-11-7-9-19(2)13-21/h6-13,22H,14-17H2,1-5H3,(H,27,29)(H,28,30)/t22-,26-/m1/s1. The number of hydrogen-bond donors (Lipinski definition) is 2. The number of carbonyl (C=O) groups excluding carboxylic acids is 2. The molecule has 2 atom stereocenters. The molecule has 2 N–H and O–H groups in total. The Labute approximate surface area is 180 Å². The predicted molar refractivity (Wildman–Crippen MR) is 122 cm³/mol. The Morgan fingerprint density at radius 3 is 2.03 bits per heavy atom. The Morgan fingerprint density at radius 2 is 1.47 bits per heavy atom. The van der Waals surface area contributed by atoms with Crippen molar-refractivity contribution in [1.82, 2.24) is 10.6 Å². The lowest BCUT2D eigenvalue weighted by molar-refractivity contribution is 0.0592. The summed E-state index contributed by atoms with van der Waals surface area (Å²) in [5.74, 6) is -0.0591. The van der Waals surface area contributed by atoms with Crippen molar-refractivity contribution in [3.05, 3.63) is 70.8 Å². The zero-order valence-electron chi connectivity index (χ0n) is 18.8. The van der Waals surface area contributed by atoms with E-state index in [1.165, 1.54) is 0 Å². The smallest absolute Gasteiger partial charge is 0.251 e. The summed E-state index contributed by atoms with van der Waals surface area (Å²) in [6.07, 6.45) is 2.79. The summed E-state index contributed by atoms with van der Waals surface area (Å²) in [7, 11) is 0. The van der Waals surface area contributed by atoms with Crippen molar-refractivity contribution in [3.63, 3.8) is 0 Å². The van der Waals surface area contributed by atoms with Crippen LogP contribution in [0.4, 0.5) is 0 Å². The first kappa shape index (κ1) is 22.1. The molecule has 2 aromatic rings. The first-order valence-corrected chi connectivity index (χ1v) is 10.8. The van der Waals surface area contributed by atoms with E-state index in [-0.39, 0.29) is 28.7 Å². The summed E-state index contributed by atoms with van der Waals surface area (Å²) in [6.45, 7) is 11.3. The van der Waals surface area contributed by atoms with E-state index in [1.54, 1.807) is 0 Å². The second-order valence-corrected chi connectivity index (χ2v) is 10.2. The van der Waals surface area contributed by atoms with Crippen LogP contribution in [0.3, 0.4) is 0 Å². The lowest BCUT2D eigenvalue weighted by Gasteiger charge is -2.47. The SMILES string of the molecule is Cc1cccc(C(=O)NC[C@]2(C)C[C@H](NC(=O)c3cccc(C)c3)CC(C)(C)C2)c1. The van der Waals surface area contributed by atoms with E-state index in [2.05, 4.69) is 31.4 Å². The Hall–Kier alpha value is -2.62. The number of aryl methyl sites for hydroxylation is 2. The van der Waals surface area contributed by atoms with Crippen LogP contribution in [-0.2, 0) is 0 Å². The molecule has 3 rings (SSSR count). The molecule has 1 saturated carbocycles. The molecular weight excluding hydrogens is 372 g/mol. The molecule has 0 bridgehead atoms. The zero-order valence-corrected chi connectivity index (χ0v) is 18.8. The van der Waals surface area contributed by atoms with E-state index < -0.39 is 0 Å². The predicted octanol–water partition coefficient (Wildman–Crippen LogP) is 5.05. The van der Waals surface area contributed by atoms with Gasteiger partial charge in [-0.05, 0) is 68.2 Å². The van der Waals surface area contributed by atoms with Gasteiger partial charge in [0.15, 0.2) is 0 Å². The molecule has 0 radical (unpaired) electrons. The van der Waals surface area contributed by atoms with Crippen LogP contribution in [0.1, 0.15) is 71.9 Å². The average molecular weight is 407 g/mol. The van der Waals surface area contributed by atoms with E-state index in [9.17, 15) is 9.59 Å². The van der Waals surface area contributed by atoms with Crippen molar-refractivity contribution in [1.29, 1.82) is 0 Å². The Balaban J connectivity index is 1.67. The number of carbonyl (C=O) groups is 2. The third-order valence-corrected chi connectivity index (χ3v) is 6.01. The van der Waals surface area contributed by atoms with Crippen molar-refractivity contribution in [2.45, 2.75) is 59.9 Å². The molecule has 30 heavy (non-hydrogen) atoms. The van der Waals surface area contributed by atoms with Crippen LogP contribution in [0.15, 0.2) is 48.5 Å². The Bertz CT molecular complexity index is 934. The monoisotopic (exact) mass is 406 g/mol. The molecule has 1 fully saturated rings. The van der Waals surface area contributed by atoms with Gasteiger partial charge >= 0.3 is 0 Å². The van der Waals surface area contributed by atoms with Crippen LogP contribution in [0, 0.1) is 24.7 Å². The number of nitrogens with one attached hydrogen (secondary N) is 2. The van der Waals surface area contributed by atoms with Crippen LogP contribution in [-0.4, -0.2) is 24.4 Å². The number of amides is 2. The largest absolute Gasteiger partial charge is 0.351 e. The zero-order chi connectivity index (χ0) is 21.9. The van der Waals surface area contributed by atoms with Gasteiger partial charge in [-0.25, -0.2) is 0 Å². The van der Waals surface area contributed by atoms with E-state index in [1.807, 2.05) is 62.4 Å². The van der Waals surface area contributed by atoms with Crippen molar-refractivity contribution in [3.8, 4) is 0 Å². The Kier molecular flexibility index (Phi) is 6.35. The molecule has 0 heterocycles. The minimum atomic E-state index is -0.0776.